The van der Waals surface area contributed by atoms with Crippen LogP contribution in [0.2, 0.25) is 0 Å². The van der Waals surface area contributed by atoms with Gasteiger partial charge in [0.2, 0.25) is 0 Å². The van der Waals surface area contributed by atoms with E-state index < -0.39 is 0 Å². The lowest BCUT2D eigenvalue weighted by Gasteiger charge is -2.21. The fourth-order valence-corrected chi connectivity index (χ4v) is 3.73. The molecule has 4 rings (SSSR count). The molecule has 0 amide bonds. The molecule has 1 aromatic heterocycles. The smallest absolute Gasteiger partial charge is 0.193 e. The molecule has 0 bridgehead atoms. The number of rotatable bonds is 2. The summed E-state index contributed by atoms with van der Waals surface area (Å²) >= 11 is 0. The summed E-state index contributed by atoms with van der Waals surface area (Å²) in [6.07, 6.45) is 2.79. The second kappa shape index (κ2) is 5.62. The Morgan fingerprint density at radius 3 is 2.67 bits per heavy atom. The van der Waals surface area contributed by atoms with Crippen LogP contribution in [0.1, 0.15) is 48.9 Å². The van der Waals surface area contributed by atoms with Gasteiger partial charge in [0.15, 0.2) is 5.43 Å². The molecule has 1 N–H and O–H groups in total. The highest BCUT2D eigenvalue weighted by Gasteiger charge is 2.21. The predicted molar refractivity (Wildman–Crippen MR) is 101 cm³/mol. The minimum Gasteiger partial charge on any atom is -0.354 e. The molecule has 122 valence electrons. The zero-order valence-corrected chi connectivity index (χ0v) is 14.6. The van der Waals surface area contributed by atoms with Crippen molar-refractivity contribution in [3.05, 3.63) is 68.9 Å². The lowest BCUT2D eigenvalue weighted by atomic mass is 9.86. The first-order valence-corrected chi connectivity index (χ1v) is 8.89. The molecule has 1 aliphatic rings. The van der Waals surface area contributed by atoms with E-state index in [2.05, 4.69) is 62.2 Å². The molecule has 2 heteroatoms. The third-order valence-electron chi connectivity index (χ3n) is 5.29. The number of H-pyrrole nitrogens is 1. The number of benzene rings is 2. The van der Waals surface area contributed by atoms with Crippen LogP contribution in [-0.4, -0.2) is 4.98 Å². The summed E-state index contributed by atoms with van der Waals surface area (Å²) in [5, 5.41) is 0.829. The maximum atomic E-state index is 13.1. The van der Waals surface area contributed by atoms with Gasteiger partial charge in [-0.1, -0.05) is 39.0 Å². The molecular weight excluding hydrogens is 294 g/mol. The van der Waals surface area contributed by atoms with Gasteiger partial charge in [0, 0.05) is 22.0 Å². The van der Waals surface area contributed by atoms with Crippen LogP contribution in [0.3, 0.4) is 0 Å². The average Bonchev–Trinajstić information content (AvgIpc) is 2.61. The molecule has 1 heterocycles. The van der Waals surface area contributed by atoms with Crippen molar-refractivity contribution < 1.29 is 0 Å². The van der Waals surface area contributed by atoms with Gasteiger partial charge in [0.25, 0.3) is 0 Å². The molecule has 1 aliphatic carbocycles. The number of hydrogen-bond acceptors (Lipinski definition) is 1. The Labute approximate surface area is 142 Å². The SMILES string of the molecule is CCc1ccc2c(c1)-c1[nH]c3ccc(C(C)C)cc3c(=O)c1CC2. The number of fused-ring (bicyclic) bond motifs is 4. The van der Waals surface area contributed by atoms with Crippen molar-refractivity contribution in [1.82, 2.24) is 4.98 Å². The lowest BCUT2D eigenvalue weighted by molar-refractivity contribution is 0.868. The van der Waals surface area contributed by atoms with Gasteiger partial charge in [-0.15, -0.1) is 0 Å². The summed E-state index contributed by atoms with van der Waals surface area (Å²) < 4.78 is 0. The van der Waals surface area contributed by atoms with Crippen LogP contribution >= 0.6 is 0 Å². The topological polar surface area (TPSA) is 32.9 Å². The summed E-state index contributed by atoms with van der Waals surface area (Å²) in [5.41, 5.74) is 8.21. The first-order chi connectivity index (χ1) is 11.6. The lowest BCUT2D eigenvalue weighted by Crippen LogP contribution is -2.18. The van der Waals surface area contributed by atoms with Crippen molar-refractivity contribution in [2.24, 2.45) is 0 Å². The van der Waals surface area contributed by atoms with Crippen molar-refractivity contribution >= 4 is 10.9 Å². The van der Waals surface area contributed by atoms with E-state index in [9.17, 15) is 4.79 Å². The third kappa shape index (κ3) is 2.29. The molecule has 0 aliphatic heterocycles. The summed E-state index contributed by atoms with van der Waals surface area (Å²) in [6, 6.07) is 12.9. The van der Waals surface area contributed by atoms with Gasteiger partial charge in [0.05, 0.1) is 5.69 Å². The molecule has 3 aromatic rings. The molecule has 0 unspecified atom stereocenters. The van der Waals surface area contributed by atoms with E-state index in [-0.39, 0.29) is 5.43 Å². The number of pyridine rings is 1. The largest absolute Gasteiger partial charge is 0.354 e. The van der Waals surface area contributed by atoms with E-state index in [1.807, 2.05) is 0 Å². The Kier molecular flexibility index (Phi) is 3.56. The summed E-state index contributed by atoms with van der Waals surface area (Å²) in [6.45, 7) is 6.49. The first-order valence-electron chi connectivity index (χ1n) is 8.89. The van der Waals surface area contributed by atoms with Crippen LogP contribution in [0.4, 0.5) is 0 Å². The molecule has 2 nitrogen and oxygen atoms in total. The van der Waals surface area contributed by atoms with Gasteiger partial charge in [-0.05, 0) is 60.1 Å². The number of aromatic amines is 1. The molecule has 0 saturated heterocycles. The van der Waals surface area contributed by atoms with Crippen molar-refractivity contribution in [1.29, 1.82) is 0 Å². The number of hydrogen-bond donors (Lipinski definition) is 1. The molecular formula is C22H23NO. The van der Waals surface area contributed by atoms with E-state index in [1.54, 1.807) is 0 Å². The normalized spacial score (nSPS) is 13.2. The van der Waals surface area contributed by atoms with Crippen LogP contribution < -0.4 is 5.43 Å². The first kappa shape index (κ1) is 15.2. The molecule has 0 atom stereocenters. The highest BCUT2D eigenvalue weighted by molar-refractivity contribution is 5.85. The second-order valence-corrected chi connectivity index (χ2v) is 7.11. The maximum Gasteiger partial charge on any atom is 0.193 e. The van der Waals surface area contributed by atoms with Crippen LogP contribution in [-0.2, 0) is 19.3 Å². The Balaban J connectivity index is 2.00. The molecule has 0 saturated carbocycles. The maximum absolute atomic E-state index is 13.1. The fraction of sp³-hybridized carbons (Fsp3) is 0.318. The zero-order valence-electron chi connectivity index (χ0n) is 14.6. The van der Waals surface area contributed by atoms with Gasteiger partial charge in [-0.2, -0.15) is 0 Å². The van der Waals surface area contributed by atoms with Gasteiger partial charge >= 0.3 is 0 Å². The van der Waals surface area contributed by atoms with E-state index in [4.69, 9.17) is 0 Å². The van der Waals surface area contributed by atoms with Crippen LogP contribution in [0.5, 0.6) is 0 Å². The quantitative estimate of drug-likeness (QED) is 0.710. The Morgan fingerprint density at radius 1 is 1.08 bits per heavy atom. The second-order valence-electron chi connectivity index (χ2n) is 7.11. The monoisotopic (exact) mass is 317 g/mol. The molecule has 0 radical (unpaired) electrons. The molecule has 0 fully saturated rings. The minimum absolute atomic E-state index is 0.203. The highest BCUT2D eigenvalue weighted by Crippen LogP contribution is 2.33. The van der Waals surface area contributed by atoms with Gasteiger partial charge in [0.1, 0.15) is 0 Å². The minimum atomic E-state index is 0.203. The van der Waals surface area contributed by atoms with Crippen LogP contribution in [0.25, 0.3) is 22.2 Å². The summed E-state index contributed by atoms with van der Waals surface area (Å²) in [7, 11) is 0. The van der Waals surface area contributed by atoms with Crippen molar-refractivity contribution in [2.75, 3.05) is 0 Å². The van der Waals surface area contributed by atoms with E-state index >= 15 is 0 Å². The van der Waals surface area contributed by atoms with E-state index in [0.29, 0.717) is 5.92 Å². The zero-order chi connectivity index (χ0) is 16.8. The van der Waals surface area contributed by atoms with Gasteiger partial charge < -0.3 is 4.98 Å². The number of aromatic nitrogens is 1. The van der Waals surface area contributed by atoms with E-state index in [1.165, 1.54) is 22.3 Å². The van der Waals surface area contributed by atoms with Crippen LogP contribution in [0.15, 0.2) is 41.2 Å². The predicted octanol–water partition coefficient (Wildman–Crippen LogP) is 4.98. The van der Waals surface area contributed by atoms with Crippen molar-refractivity contribution in [3.63, 3.8) is 0 Å². The van der Waals surface area contributed by atoms with Gasteiger partial charge in [-0.25, -0.2) is 0 Å². The highest BCUT2D eigenvalue weighted by atomic mass is 16.1. The number of nitrogens with one attached hydrogen (secondary N) is 1. The average molecular weight is 317 g/mol. The van der Waals surface area contributed by atoms with E-state index in [0.717, 1.165) is 41.4 Å². The molecule has 2 aromatic carbocycles. The number of aryl methyl sites for hydroxylation is 2. The van der Waals surface area contributed by atoms with Crippen LogP contribution in [0, 0.1) is 0 Å². The Bertz CT molecular complexity index is 995. The standard InChI is InChI=1S/C22H23NO/c1-4-14-5-6-15-7-9-17-21(18(15)11-14)23-20-10-8-16(13(2)3)12-19(20)22(17)24/h5-6,8,10-13H,4,7,9H2,1-3H3,(H,23,24). The summed E-state index contributed by atoms with van der Waals surface area (Å²) in [5.74, 6) is 0.428. The van der Waals surface area contributed by atoms with Crippen molar-refractivity contribution in [2.45, 2.75) is 46.0 Å². The summed E-state index contributed by atoms with van der Waals surface area (Å²) in [4.78, 5) is 16.7. The molecule has 0 spiro atoms. The Morgan fingerprint density at radius 2 is 1.92 bits per heavy atom. The third-order valence-corrected chi connectivity index (χ3v) is 5.29. The van der Waals surface area contributed by atoms with Gasteiger partial charge in [-0.3, -0.25) is 4.79 Å². The Hall–Kier alpha value is -2.35. The van der Waals surface area contributed by atoms with Crippen molar-refractivity contribution in [3.8, 4) is 11.3 Å². The molecule has 24 heavy (non-hydrogen) atoms. The fourth-order valence-electron chi connectivity index (χ4n) is 3.73.